The fourth-order valence-electron chi connectivity index (χ4n) is 1.31. The van der Waals surface area contributed by atoms with E-state index in [0.29, 0.717) is 10.9 Å². The van der Waals surface area contributed by atoms with E-state index in [1.165, 1.54) is 12.1 Å². The molecule has 0 N–H and O–H groups in total. The van der Waals surface area contributed by atoms with Crippen molar-refractivity contribution >= 4 is 27.5 Å². The van der Waals surface area contributed by atoms with Gasteiger partial charge in [0.25, 0.3) is 0 Å². The minimum absolute atomic E-state index is 0.273. The Morgan fingerprint density at radius 3 is 2.71 bits per heavy atom. The van der Waals surface area contributed by atoms with E-state index in [4.69, 9.17) is 11.6 Å². The van der Waals surface area contributed by atoms with Crippen LogP contribution in [-0.4, -0.2) is 5.33 Å². The van der Waals surface area contributed by atoms with Gasteiger partial charge in [-0.3, -0.25) is 0 Å². The Kier molecular flexibility index (Phi) is 4.90. The highest BCUT2D eigenvalue weighted by Gasteiger charge is 2.08. The highest BCUT2D eigenvalue weighted by Crippen LogP contribution is 2.22. The number of hydrogen-bond donors (Lipinski definition) is 0. The highest BCUT2D eigenvalue weighted by molar-refractivity contribution is 9.09. The van der Waals surface area contributed by atoms with Crippen LogP contribution < -0.4 is 0 Å². The largest absolute Gasteiger partial charge is 0.207 e. The van der Waals surface area contributed by atoms with Crippen molar-refractivity contribution in [1.29, 1.82) is 0 Å². The van der Waals surface area contributed by atoms with Gasteiger partial charge in [-0.1, -0.05) is 46.9 Å². The fraction of sp³-hybridized carbons (Fsp3) is 0.455. The van der Waals surface area contributed by atoms with Crippen molar-refractivity contribution in [1.82, 2.24) is 0 Å². The normalized spacial score (nSPS) is 12.9. The van der Waals surface area contributed by atoms with Crippen LogP contribution in [0.1, 0.15) is 18.9 Å². The molecule has 0 saturated heterocycles. The number of halogens is 3. The Hall–Kier alpha value is -0.0800. The lowest BCUT2D eigenvalue weighted by Crippen LogP contribution is -2.05. The van der Waals surface area contributed by atoms with Gasteiger partial charge in [-0.05, 0) is 30.0 Å². The first-order valence-corrected chi connectivity index (χ1v) is 6.17. The Morgan fingerprint density at radius 1 is 1.50 bits per heavy atom. The Morgan fingerprint density at radius 2 is 2.21 bits per heavy atom. The fourth-order valence-corrected chi connectivity index (χ4v) is 2.24. The maximum Gasteiger partial charge on any atom is 0.124 e. The molecule has 0 aliphatic heterocycles. The van der Waals surface area contributed by atoms with E-state index in [1.807, 2.05) is 0 Å². The molecule has 1 rings (SSSR count). The average molecular weight is 280 g/mol. The number of hydrogen-bond acceptors (Lipinski definition) is 0. The molecule has 0 amide bonds. The summed E-state index contributed by atoms with van der Waals surface area (Å²) in [6.07, 6.45) is 2.00. The summed E-state index contributed by atoms with van der Waals surface area (Å²) in [6, 6.07) is 4.60. The molecule has 0 saturated carbocycles. The van der Waals surface area contributed by atoms with Crippen LogP contribution in [0.5, 0.6) is 0 Å². The molecule has 1 aromatic carbocycles. The lowest BCUT2D eigenvalue weighted by atomic mass is 9.99. The van der Waals surface area contributed by atoms with Gasteiger partial charge in [0.05, 0.1) is 0 Å². The van der Waals surface area contributed by atoms with Gasteiger partial charge in [0, 0.05) is 10.4 Å². The van der Waals surface area contributed by atoms with Crippen molar-refractivity contribution in [3.63, 3.8) is 0 Å². The number of rotatable bonds is 4. The second-order valence-electron chi connectivity index (χ2n) is 3.37. The Bertz CT molecular complexity index is 297. The molecule has 78 valence electrons. The van der Waals surface area contributed by atoms with Crippen LogP contribution in [0.25, 0.3) is 0 Å². The van der Waals surface area contributed by atoms with Crippen LogP contribution in [-0.2, 0) is 6.42 Å². The molecule has 0 aliphatic carbocycles. The van der Waals surface area contributed by atoms with E-state index < -0.39 is 0 Å². The van der Waals surface area contributed by atoms with E-state index in [1.54, 1.807) is 6.07 Å². The zero-order valence-corrected chi connectivity index (χ0v) is 10.4. The van der Waals surface area contributed by atoms with E-state index in [2.05, 4.69) is 22.9 Å². The maximum atomic E-state index is 12.8. The summed E-state index contributed by atoms with van der Waals surface area (Å²) in [5, 5.41) is 1.49. The standard InChI is InChI=1S/C11H13BrClF/c1-2-8(7-12)5-9-3-4-10(14)6-11(9)13/h3-4,6,8H,2,5,7H2,1H3. The van der Waals surface area contributed by atoms with E-state index in [0.717, 1.165) is 23.7 Å². The minimum Gasteiger partial charge on any atom is -0.207 e. The molecule has 0 spiro atoms. The predicted octanol–water partition coefficient (Wildman–Crippen LogP) is 4.44. The van der Waals surface area contributed by atoms with Crippen LogP contribution in [0.2, 0.25) is 5.02 Å². The second kappa shape index (κ2) is 5.72. The van der Waals surface area contributed by atoms with Gasteiger partial charge in [0.1, 0.15) is 5.82 Å². The molecule has 1 atom stereocenters. The molecule has 0 aromatic heterocycles. The lowest BCUT2D eigenvalue weighted by Gasteiger charge is -2.12. The van der Waals surface area contributed by atoms with Crippen LogP contribution in [0.15, 0.2) is 18.2 Å². The van der Waals surface area contributed by atoms with Gasteiger partial charge >= 0.3 is 0 Å². The van der Waals surface area contributed by atoms with Crippen LogP contribution >= 0.6 is 27.5 Å². The van der Waals surface area contributed by atoms with Crippen molar-refractivity contribution < 1.29 is 4.39 Å². The monoisotopic (exact) mass is 278 g/mol. The molecule has 0 heterocycles. The summed E-state index contributed by atoms with van der Waals surface area (Å²) in [7, 11) is 0. The number of alkyl halides is 1. The quantitative estimate of drug-likeness (QED) is 0.715. The summed E-state index contributed by atoms with van der Waals surface area (Å²) in [6.45, 7) is 2.14. The minimum atomic E-state index is -0.273. The predicted molar refractivity (Wildman–Crippen MR) is 62.7 cm³/mol. The molecular weight excluding hydrogens is 266 g/mol. The van der Waals surface area contributed by atoms with E-state index in [-0.39, 0.29) is 5.82 Å². The van der Waals surface area contributed by atoms with Gasteiger partial charge in [0.15, 0.2) is 0 Å². The molecule has 0 radical (unpaired) electrons. The first-order valence-electron chi connectivity index (χ1n) is 4.67. The molecular formula is C11H13BrClF. The molecule has 0 nitrogen and oxygen atoms in total. The summed E-state index contributed by atoms with van der Waals surface area (Å²) in [4.78, 5) is 0. The van der Waals surface area contributed by atoms with Gasteiger partial charge in [-0.2, -0.15) is 0 Å². The Balaban J connectivity index is 2.76. The van der Waals surface area contributed by atoms with Crippen molar-refractivity contribution in [2.45, 2.75) is 19.8 Å². The SMILES string of the molecule is CCC(CBr)Cc1ccc(F)cc1Cl. The van der Waals surface area contributed by atoms with Gasteiger partial charge in [-0.15, -0.1) is 0 Å². The summed E-state index contributed by atoms with van der Waals surface area (Å²) in [5.41, 5.74) is 1.03. The average Bonchev–Trinajstić information content (AvgIpc) is 2.17. The summed E-state index contributed by atoms with van der Waals surface area (Å²) in [5.74, 6) is 0.295. The first kappa shape index (κ1) is 12.0. The van der Waals surface area contributed by atoms with Crippen molar-refractivity contribution in [3.8, 4) is 0 Å². The third-order valence-electron chi connectivity index (χ3n) is 2.32. The van der Waals surface area contributed by atoms with Gasteiger partial charge in [-0.25, -0.2) is 4.39 Å². The third kappa shape index (κ3) is 3.25. The lowest BCUT2D eigenvalue weighted by molar-refractivity contribution is 0.571. The third-order valence-corrected chi connectivity index (χ3v) is 3.59. The molecule has 0 aliphatic rings. The zero-order chi connectivity index (χ0) is 10.6. The van der Waals surface area contributed by atoms with Crippen LogP contribution in [0, 0.1) is 11.7 Å². The van der Waals surface area contributed by atoms with Crippen molar-refractivity contribution in [3.05, 3.63) is 34.6 Å². The topological polar surface area (TPSA) is 0 Å². The smallest absolute Gasteiger partial charge is 0.124 e. The molecule has 1 unspecified atom stereocenters. The van der Waals surface area contributed by atoms with Gasteiger partial charge < -0.3 is 0 Å². The van der Waals surface area contributed by atoms with Crippen molar-refractivity contribution in [2.24, 2.45) is 5.92 Å². The van der Waals surface area contributed by atoms with E-state index in [9.17, 15) is 4.39 Å². The molecule has 0 bridgehead atoms. The van der Waals surface area contributed by atoms with Crippen LogP contribution in [0.4, 0.5) is 4.39 Å². The first-order chi connectivity index (χ1) is 6.67. The maximum absolute atomic E-state index is 12.8. The van der Waals surface area contributed by atoms with E-state index >= 15 is 0 Å². The highest BCUT2D eigenvalue weighted by atomic mass is 79.9. The molecule has 0 fully saturated rings. The summed E-state index contributed by atoms with van der Waals surface area (Å²) < 4.78 is 12.8. The molecule has 3 heteroatoms. The molecule has 14 heavy (non-hydrogen) atoms. The Labute approximate surface area is 97.6 Å². The zero-order valence-electron chi connectivity index (χ0n) is 8.06. The van der Waals surface area contributed by atoms with Crippen LogP contribution in [0.3, 0.4) is 0 Å². The second-order valence-corrected chi connectivity index (χ2v) is 4.42. The summed E-state index contributed by atoms with van der Waals surface area (Å²) >= 11 is 9.39. The van der Waals surface area contributed by atoms with Gasteiger partial charge in [0.2, 0.25) is 0 Å². The van der Waals surface area contributed by atoms with Crippen molar-refractivity contribution in [2.75, 3.05) is 5.33 Å². The number of benzene rings is 1. The molecule has 1 aromatic rings.